The highest BCUT2D eigenvalue weighted by molar-refractivity contribution is 6.05. The van der Waals surface area contributed by atoms with E-state index >= 15 is 0 Å². The number of aromatic amines is 1. The van der Waals surface area contributed by atoms with Gasteiger partial charge in [0.2, 0.25) is 0 Å². The van der Waals surface area contributed by atoms with Crippen LogP contribution in [0.15, 0.2) is 36.5 Å². The Bertz CT molecular complexity index is 1410. The summed E-state index contributed by atoms with van der Waals surface area (Å²) in [5.74, 6) is -0.00233. The molecule has 174 valence electrons. The number of hydrogen-bond acceptors (Lipinski definition) is 6. The molecule has 1 aromatic carbocycles. The molecule has 0 saturated heterocycles. The van der Waals surface area contributed by atoms with Gasteiger partial charge in [-0.25, -0.2) is 15.0 Å². The predicted molar refractivity (Wildman–Crippen MR) is 118 cm³/mol. The maximum absolute atomic E-state index is 13.0. The molecule has 0 aliphatic heterocycles. The fraction of sp³-hybridized carbons (Fsp3) is 0.217. The lowest BCUT2D eigenvalue weighted by Gasteiger charge is -2.19. The van der Waals surface area contributed by atoms with E-state index in [2.05, 4.69) is 25.1 Å². The van der Waals surface area contributed by atoms with Crippen LogP contribution in [0.2, 0.25) is 0 Å². The highest BCUT2D eigenvalue weighted by Gasteiger charge is 2.33. The predicted octanol–water partition coefficient (Wildman–Crippen LogP) is 4.07. The molecule has 34 heavy (non-hydrogen) atoms. The number of H-pyrrole nitrogens is 1. The van der Waals surface area contributed by atoms with Gasteiger partial charge in [-0.3, -0.25) is 9.89 Å². The third-order valence-corrected chi connectivity index (χ3v) is 5.30. The number of benzene rings is 1. The molecule has 0 saturated carbocycles. The number of anilines is 1. The number of hydrogen-bond donors (Lipinski definition) is 1. The molecule has 11 heteroatoms. The van der Waals surface area contributed by atoms with Gasteiger partial charge in [0.05, 0.1) is 17.4 Å². The Morgan fingerprint density at radius 2 is 1.88 bits per heavy atom. The van der Waals surface area contributed by atoms with Crippen molar-refractivity contribution >= 4 is 28.9 Å². The largest absolute Gasteiger partial charge is 0.433 e. The average molecular weight is 468 g/mol. The molecule has 0 spiro atoms. The second-order valence-corrected chi connectivity index (χ2v) is 7.76. The minimum atomic E-state index is -4.56. The maximum Gasteiger partial charge on any atom is 0.433 e. The van der Waals surface area contributed by atoms with Gasteiger partial charge in [0.1, 0.15) is 23.2 Å². The number of carbonyl (C=O) groups is 2. The third-order valence-electron chi connectivity index (χ3n) is 5.30. The van der Waals surface area contributed by atoms with Crippen LogP contribution in [-0.2, 0) is 17.4 Å². The van der Waals surface area contributed by atoms with E-state index in [1.807, 2.05) is 6.92 Å². The summed E-state index contributed by atoms with van der Waals surface area (Å²) in [6.45, 7) is 3.36. The van der Waals surface area contributed by atoms with Crippen molar-refractivity contribution in [2.45, 2.75) is 26.4 Å². The van der Waals surface area contributed by atoms with Crippen molar-refractivity contribution in [2.24, 2.45) is 0 Å². The maximum atomic E-state index is 13.0. The molecule has 4 rings (SSSR count). The lowest BCUT2D eigenvalue weighted by atomic mass is 10.1. The van der Waals surface area contributed by atoms with Gasteiger partial charge < -0.3 is 9.69 Å². The molecule has 0 atom stereocenters. The van der Waals surface area contributed by atoms with Gasteiger partial charge in [-0.05, 0) is 55.3 Å². The first-order valence-corrected chi connectivity index (χ1v) is 10.2. The molecule has 8 nitrogen and oxygen atoms in total. The quantitative estimate of drug-likeness (QED) is 0.443. The summed E-state index contributed by atoms with van der Waals surface area (Å²) in [5, 5.41) is 6.58. The number of rotatable bonds is 5. The van der Waals surface area contributed by atoms with Crippen molar-refractivity contribution in [1.82, 2.24) is 25.1 Å². The van der Waals surface area contributed by atoms with Gasteiger partial charge in [-0.1, -0.05) is 0 Å². The Morgan fingerprint density at radius 3 is 2.56 bits per heavy atom. The summed E-state index contributed by atoms with van der Waals surface area (Å²) < 4.78 is 39.1. The number of pyridine rings is 1. The molecule has 0 unspecified atom stereocenters. The Morgan fingerprint density at radius 1 is 1.12 bits per heavy atom. The number of carbonyl (C=O) groups excluding carboxylic acids is 2. The SMILES string of the molecule is Cc1cc(-c2ncc3nc(C(F)(F)F)cc(C)c3n2)ccc1N(C)C(=O)c1cc(CC=O)n[nH]1. The van der Waals surface area contributed by atoms with Crippen molar-refractivity contribution in [3.8, 4) is 11.4 Å². The van der Waals surface area contributed by atoms with Crippen LogP contribution in [0, 0.1) is 13.8 Å². The van der Waals surface area contributed by atoms with Crippen LogP contribution in [0.25, 0.3) is 22.4 Å². The fourth-order valence-electron chi connectivity index (χ4n) is 3.59. The molecular weight excluding hydrogens is 449 g/mol. The fourth-order valence-corrected chi connectivity index (χ4v) is 3.59. The molecular formula is C23H19F3N6O2. The number of nitrogens with zero attached hydrogens (tertiary/aromatic N) is 5. The number of aldehydes is 1. The molecule has 0 fully saturated rings. The Balaban J connectivity index is 1.64. The monoisotopic (exact) mass is 468 g/mol. The minimum Gasteiger partial charge on any atom is -0.310 e. The first-order valence-electron chi connectivity index (χ1n) is 10.2. The van der Waals surface area contributed by atoms with Crippen LogP contribution in [0.3, 0.4) is 0 Å². The normalized spacial score (nSPS) is 11.6. The number of nitrogens with one attached hydrogen (secondary N) is 1. The Labute approximate surface area is 191 Å². The van der Waals surface area contributed by atoms with Crippen molar-refractivity contribution in [3.63, 3.8) is 0 Å². The Kier molecular flexibility index (Phi) is 5.86. The van der Waals surface area contributed by atoms with Crippen LogP contribution in [0.4, 0.5) is 18.9 Å². The highest BCUT2D eigenvalue weighted by atomic mass is 19.4. The van der Waals surface area contributed by atoms with Gasteiger partial charge in [0.15, 0.2) is 5.82 Å². The zero-order valence-electron chi connectivity index (χ0n) is 18.4. The number of aromatic nitrogens is 5. The van der Waals surface area contributed by atoms with Crippen LogP contribution in [-0.4, -0.2) is 44.4 Å². The molecule has 0 bridgehead atoms. The summed E-state index contributed by atoms with van der Waals surface area (Å²) in [5.41, 5.74) is 2.49. The van der Waals surface area contributed by atoms with E-state index in [0.717, 1.165) is 11.6 Å². The molecule has 0 aliphatic carbocycles. The van der Waals surface area contributed by atoms with E-state index in [4.69, 9.17) is 0 Å². The van der Waals surface area contributed by atoms with Gasteiger partial charge in [0, 0.05) is 24.7 Å². The van der Waals surface area contributed by atoms with Gasteiger partial charge >= 0.3 is 6.18 Å². The first kappa shape index (κ1) is 23.0. The number of halogens is 3. The van der Waals surface area contributed by atoms with Crippen LogP contribution in [0.5, 0.6) is 0 Å². The molecule has 3 aromatic heterocycles. The first-order chi connectivity index (χ1) is 16.1. The van der Waals surface area contributed by atoms with Gasteiger partial charge in [0.25, 0.3) is 5.91 Å². The molecule has 1 amide bonds. The molecule has 4 aromatic rings. The van der Waals surface area contributed by atoms with Crippen molar-refractivity contribution in [3.05, 3.63) is 64.7 Å². The zero-order chi connectivity index (χ0) is 24.6. The minimum absolute atomic E-state index is 0.0586. The van der Waals surface area contributed by atoms with E-state index in [9.17, 15) is 22.8 Å². The van der Waals surface area contributed by atoms with Crippen LogP contribution in [0.1, 0.15) is 33.0 Å². The van der Waals surface area contributed by atoms with Crippen molar-refractivity contribution < 1.29 is 22.8 Å². The summed E-state index contributed by atoms with van der Waals surface area (Å²) in [7, 11) is 1.62. The second kappa shape index (κ2) is 8.65. The van der Waals surface area contributed by atoms with Crippen molar-refractivity contribution in [1.29, 1.82) is 0 Å². The number of amides is 1. The van der Waals surface area contributed by atoms with Crippen molar-refractivity contribution in [2.75, 3.05) is 11.9 Å². The number of alkyl halides is 3. The van der Waals surface area contributed by atoms with Gasteiger partial charge in [-0.2, -0.15) is 18.3 Å². The average Bonchev–Trinajstić information content (AvgIpc) is 3.26. The number of fused-ring (bicyclic) bond motifs is 1. The topological polar surface area (TPSA) is 105 Å². The van der Waals surface area contributed by atoms with Crippen LogP contribution >= 0.6 is 0 Å². The summed E-state index contributed by atoms with van der Waals surface area (Å²) in [4.78, 5) is 37.2. The van der Waals surface area contributed by atoms with Crippen LogP contribution < -0.4 is 4.90 Å². The summed E-state index contributed by atoms with van der Waals surface area (Å²) in [6, 6.07) is 7.74. The molecule has 0 aliphatic rings. The zero-order valence-corrected chi connectivity index (χ0v) is 18.4. The lowest BCUT2D eigenvalue weighted by molar-refractivity contribution is -0.141. The van der Waals surface area contributed by atoms with E-state index in [-0.39, 0.29) is 23.5 Å². The third kappa shape index (κ3) is 4.36. The molecule has 1 N–H and O–H groups in total. The van der Waals surface area contributed by atoms with Gasteiger partial charge in [-0.15, -0.1) is 0 Å². The number of aryl methyl sites for hydroxylation is 2. The molecule has 3 heterocycles. The van der Waals surface area contributed by atoms with E-state index in [1.165, 1.54) is 17.2 Å². The Hall–Kier alpha value is -4.15. The lowest BCUT2D eigenvalue weighted by Crippen LogP contribution is -2.27. The second-order valence-electron chi connectivity index (χ2n) is 7.76. The standard InChI is InChI=1S/C23H19F3N6O2/c1-12-8-14(4-5-18(12)32(3)22(34)16-10-15(6-7-33)30-31-16)21-27-11-17-20(29-21)13(2)9-19(28-17)23(24,25)26/h4-5,7-11H,6H2,1-3H3,(H,30,31). The summed E-state index contributed by atoms with van der Waals surface area (Å²) in [6.07, 6.45) is -2.47. The van der Waals surface area contributed by atoms with E-state index in [1.54, 1.807) is 32.2 Å². The van der Waals surface area contributed by atoms with E-state index in [0.29, 0.717) is 40.1 Å². The van der Waals surface area contributed by atoms with E-state index < -0.39 is 11.9 Å². The molecule has 0 radical (unpaired) electrons. The highest BCUT2D eigenvalue weighted by Crippen LogP contribution is 2.31. The summed E-state index contributed by atoms with van der Waals surface area (Å²) >= 11 is 0. The smallest absolute Gasteiger partial charge is 0.310 e.